The summed E-state index contributed by atoms with van der Waals surface area (Å²) in [6.45, 7) is -3.14. The van der Waals surface area contributed by atoms with E-state index in [0.717, 1.165) is 0 Å². The van der Waals surface area contributed by atoms with Gasteiger partial charge in [0, 0.05) is 28.3 Å². The Kier molecular flexibility index (Phi) is 23.2. The van der Waals surface area contributed by atoms with Crippen molar-refractivity contribution in [2.45, 2.75) is 61.4 Å². The lowest BCUT2D eigenvalue weighted by atomic mass is 9.92. The second kappa shape index (κ2) is 34.2. The Balaban J connectivity index is 0.880. The first-order valence-corrected chi connectivity index (χ1v) is 37.0. The molecule has 4 aliphatic heterocycles. The van der Waals surface area contributed by atoms with Crippen LogP contribution in [0.4, 0.5) is 0 Å². The fraction of sp³-hybridized carbons (Fsp3) is 0.146. The third kappa shape index (κ3) is 16.2. The smallest absolute Gasteiger partial charge is 0.344 e. The van der Waals surface area contributed by atoms with Gasteiger partial charge in [-0.1, -0.05) is 0 Å². The number of carbonyl (C=O) groups is 10. The van der Waals surface area contributed by atoms with Gasteiger partial charge in [0.1, 0.15) is 31.0 Å². The molecule has 29 N–H and O–H groups in total. The summed E-state index contributed by atoms with van der Waals surface area (Å²) in [6.07, 6.45) is -28.6. The zero-order chi connectivity index (χ0) is 97.7. The van der Waals surface area contributed by atoms with Gasteiger partial charge in [0.05, 0.1) is 50.1 Å². The fourth-order valence-corrected chi connectivity index (χ4v) is 13.9. The van der Waals surface area contributed by atoms with Gasteiger partial charge in [0.15, 0.2) is 162 Å². The van der Waals surface area contributed by atoms with Crippen molar-refractivity contribution in [3.05, 3.63) is 147 Å². The topological polar surface area (TPSA) is 877 Å². The van der Waals surface area contributed by atoms with E-state index in [1.54, 1.807) is 0 Å². The highest BCUT2D eigenvalue weighted by atomic mass is 16.8. The van der Waals surface area contributed by atoms with Crippen LogP contribution < -0.4 is 4.74 Å². The molecule has 2 saturated heterocycles. The van der Waals surface area contributed by atoms with Crippen molar-refractivity contribution in [2.24, 2.45) is 0 Å². The van der Waals surface area contributed by atoms with Crippen LogP contribution in [0.3, 0.4) is 0 Å². The van der Waals surface area contributed by atoms with Crippen LogP contribution in [0.1, 0.15) is 104 Å². The maximum absolute atomic E-state index is 15.4. The Labute approximate surface area is 736 Å². The first-order valence-electron chi connectivity index (χ1n) is 37.0. The van der Waals surface area contributed by atoms with Crippen LogP contribution in [0.5, 0.6) is 178 Å². The van der Waals surface area contributed by atoms with E-state index in [1.807, 2.05) is 0 Å². The molecule has 0 aromatic heterocycles. The highest BCUT2D eigenvalue weighted by Gasteiger charge is 2.58. The molecule has 0 radical (unpaired) electrons. The molecule has 0 amide bonds. The van der Waals surface area contributed by atoms with Gasteiger partial charge in [-0.05, 0) is 84.9 Å². The zero-order valence-electron chi connectivity index (χ0n) is 65.7. The molecule has 0 unspecified atom stereocenters. The fourth-order valence-electron chi connectivity index (χ4n) is 13.9. The predicted molar refractivity (Wildman–Crippen MR) is 415 cm³/mol. The third-order valence-corrected chi connectivity index (χ3v) is 20.4. The molecule has 698 valence electrons. The average molecular weight is 1880 g/mol. The molecular formula is C82H58O52. The Bertz CT molecular complexity index is 6660. The molecule has 52 heteroatoms. The summed E-state index contributed by atoms with van der Waals surface area (Å²) in [5, 5.41) is 314. The number of carbonyl (C=O) groups excluding carboxylic acids is 10. The Hall–Kier alpha value is -19.2. The van der Waals surface area contributed by atoms with E-state index in [2.05, 4.69) is 0 Å². The molecule has 52 nitrogen and oxygen atoms in total. The van der Waals surface area contributed by atoms with Gasteiger partial charge < -0.3 is 210 Å². The molecule has 0 spiro atoms. The molecule has 0 bridgehead atoms. The Morgan fingerprint density at radius 3 is 0.791 bits per heavy atom. The van der Waals surface area contributed by atoms with Crippen LogP contribution >= 0.6 is 0 Å². The van der Waals surface area contributed by atoms with Gasteiger partial charge >= 0.3 is 59.7 Å². The summed E-state index contributed by atoms with van der Waals surface area (Å²) in [6, 6.07) is 4.83. The molecule has 0 saturated carbocycles. The van der Waals surface area contributed by atoms with Crippen molar-refractivity contribution in [1.82, 2.24) is 0 Å². The van der Waals surface area contributed by atoms with Crippen LogP contribution in [0.15, 0.2) is 91.0 Å². The van der Waals surface area contributed by atoms with Crippen LogP contribution in [0.25, 0.3) is 22.3 Å². The molecule has 4 heterocycles. The second-order valence-corrected chi connectivity index (χ2v) is 28.7. The number of rotatable bonds is 14. The first-order chi connectivity index (χ1) is 63.0. The van der Waals surface area contributed by atoms with Gasteiger partial charge in [-0.2, -0.15) is 0 Å². The lowest BCUT2D eigenvalue weighted by Crippen LogP contribution is -2.63. The minimum atomic E-state index is -3.10. The van der Waals surface area contributed by atoms with E-state index in [9.17, 15) is 182 Å². The number of hydrogen-bond acceptors (Lipinski definition) is 52. The van der Waals surface area contributed by atoms with Gasteiger partial charge in [-0.3, -0.25) is 0 Å². The lowest BCUT2D eigenvalue weighted by molar-refractivity contribution is -0.282. The number of fused-ring (bicyclic) bond motifs is 8. The van der Waals surface area contributed by atoms with Crippen LogP contribution in [0.2, 0.25) is 0 Å². The van der Waals surface area contributed by atoms with E-state index < -0.39 is 390 Å². The van der Waals surface area contributed by atoms with Crippen molar-refractivity contribution in [3.8, 4) is 200 Å². The molecule has 134 heavy (non-hydrogen) atoms. The molecule has 4 aliphatic rings. The van der Waals surface area contributed by atoms with Crippen molar-refractivity contribution >= 4 is 59.7 Å². The number of hydrogen-bond donors (Lipinski definition) is 29. The van der Waals surface area contributed by atoms with Gasteiger partial charge in [-0.25, -0.2) is 47.9 Å². The van der Waals surface area contributed by atoms with Crippen molar-refractivity contribution in [2.75, 3.05) is 13.2 Å². The molecule has 0 aliphatic carbocycles. The largest absolute Gasteiger partial charge is 0.504 e. The van der Waals surface area contributed by atoms with Gasteiger partial charge in [0.2, 0.25) is 65.0 Å². The minimum absolute atomic E-state index is 0.102. The number of phenolic OH excluding ortho intramolecular Hbond substituents is 29. The summed E-state index contributed by atoms with van der Waals surface area (Å²) in [5.41, 5.74) is -17.0. The van der Waals surface area contributed by atoms with E-state index in [-0.39, 0.29) is 30.3 Å². The normalized spacial score (nSPS) is 19.1. The standard InChI is InChI=1S/C82H58O52/c83-28-1-18(2-29(84)49(28)97)71(112)129-67-65-43(16-122-76(117)23-11-37(92)54(102)59(107)45(23)47-25(78(119)127-65)13-39(94)56(104)61(47)109)125-81(69(67)131-73(114)20-5-32(87)51(99)33(88)6-20)133-75(116)22-9-36(91)53(101)42(10-22)124-64-27(15-41(96)58(106)63(64)111)80(121)134-82-70(132-74(115)21-7-34(89)52(100)35(90)8-21)68(130-72(113)19-3-30(85)50(98)31(86)4-19)66-44(126-82)17-123-77(118)24-12-38(93)55(103)60(108)46(24)48-26(79(120)128-66)14-40(95)57(105)62(48)110/h1-15,43-44,65-70,81-111H,16-17H2/t43-,44+,65+,66+,67+,68+,69+,70+,81+,82+/m1/s1. The van der Waals surface area contributed by atoms with Crippen molar-refractivity contribution in [3.63, 3.8) is 0 Å². The number of aromatic hydroxyl groups is 29. The second-order valence-electron chi connectivity index (χ2n) is 28.7. The van der Waals surface area contributed by atoms with Gasteiger partial charge in [-0.15, -0.1) is 0 Å². The number of benzene rings is 10. The number of ether oxygens (including phenoxy) is 13. The summed E-state index contributed by atoms with van der Waals surface area (Å²) in [5.74, 6) is -65.2. The molecular weight excluding hydrogens is 1820 g/mol. The SMILES string of the molecule is O=C(O[C@@H]1O[C@@H]2COC(=O)c3cc(O)c(O)c(O)c3-c3c(cc(O)c(O)c3O)C(=O)O[C@@H]2[C@H](OC(=O)c2cc(O)c(O)c(O)c2)[C@@H]1OC(=O)c1cc(O)c(O)c(O)c1)c1cc(O)c(O)c(Oc2c(C(=O)O[C@@H]3O[C@H]4COC(=O)c5cc(O)c(O)c(O)c5-c5c(cc(O)c(O)c5O)C(=O)O[C@@H]4[C@H](OC(=O)c4cc(O)c(O)c(O)c4)[C@@H]3OC(=O)c3cc(O)c(O)c(O)c3)cc(O)c(O)c2O)c1. The van der Waals surface area contributed by atoms with Crippen molar-refractivity contribution in [1.29, 1.82) is 0 Å². The Morgan fingerprint density at radius 1 is 0.246 bits per heavy atom. The molecule has 14 rings (SSSR count). The Morgan fingerprint density at radius 2 is 0.485 bits per heavy atom. The number of phenols is 29. The van der Waals surface area contributed by atoms with E-state index in [0.29, 0.717) is 60.7 Å². The predicted octanol–water partition coefficient (Wildman–Crippen LogP) is 3.73. The van der Waals surface area contributed by atoms with Gasteiger partial charge in [0.25, 0.3) is 0 Å². The summed E-state index contributed by atoms with van der Waals surface area (Å²) in [7, 11) is 0. The number of esters is 10. The van der Waals surface area contributed by atoms with Crippen LogP contribution in [-0.2, 0) is 56.8 Å². The average Bonchev–Trinajstić information content (AvgIpc) is 0.992. The molecule has 10 aromatic rings. The molecule has 10 aromatic carbocycles. The summed E-state index contributed by atoms with van der Waals surface area (Å²) in [4.78, 5) is 148. The summed E-state index contributed by atoms with van der Waals surface area (Å²) < 4.78 is 74.3. The maximum Gasteiger partial charge on any atom is 0.344 e. The highest BCUT2D eigenvalue weighted by Crippen LogP contribution is 2.58. The zero-order valence-corrected chi connectivity index (χ0v) is 65.7. The number of cyclic esters (lactones) is 2. The maximum atomic E-state index is 15.4. The quantitative estimate of drug-likeness (QED) is 0.0419. The van der Waals surface area contributed by atoms with Crippen molar-refractivity contribution < 1.29 is 258 Å². The monoisotopic (exact) mass is 1870 g/mol. The van der Waals surface area contributed by atoms with Crippen LogP contribution in [0, 0.1) is 0 Å². The van der Waals surface area contributed by atoms with Crippen LogP contribution in [-0.4, -0.2) is 282 Å². The van der Waals surface area contributed by atoms with E-state index >= 15 is 14.4 Å². The lowest BCUT2D eigenvalue weighted by Gasteiger charge is -2.43. The summed E-state index contributed by atoms with van der Waals surface area (Å²) >= 11 is 0. The third-order valence-electron chi connectivity index (χ3n) is 20.4. The minimum Gasteiger partial charge on any atom is -0.504 e. The van der Waals surface area contributed by atoms with E-state index in [4.69, 9.17) is 61.6 Å². The first kappa shape index (κ1) is 91.0. The van der Waals surface area contributed by atoms with E-state index in [1.165, 1.54) is 0 Å². The molecule has 2 fully saturated rings. The molecule has 10 atom stereocenters. The highest BCUT2D eigenvalue weighted by molar-refractivity contribution is 6.11.